The number of H-pyrrole nitrogens is 1. The monoisotopic (exact) mass is 609 g/mol. The van der Waals surface area contributed by atoms with Gasteiger partial charge in [0.15, 0.2) is 22.8 Å². The number of anilines is 2. The van der Waals surface area contributed by atoms with E-state index in [0.29, 0.717) is 65.1 Å². The van der Waals surface area contributed by atoms with Crippen LogP contribution in [0.1, 0.15) is 63.2 Å². The number of aliphatic carboxylic acids is 1. The van der Waals surface area contributed by atoms with E-state index in [1.165, 1.54) is 0 Å². The van der Waals surface area contributed by atoms with Crippen LogP contribution in [0.15, 0.2) is 48.7 Å². The first-order chi connectivity index (χ1) is 21.7. The largest absolute Gasteiger partial charge is 0.480 e. The molecule has 7 N–H and O–H groups in total. The summed E-state index contributed by atoms with van der Waals surface area (Å²) >= 11 is 0. The summed E-state index contributed by atoms with van der Waals surface area (Å²) < 4.78 is 0. The summed E-state index contributed by atoms with van der Waals surface area (Å²) in [6, 6.07) is 11.2. The van der Waals surface area contributed by atoms with Crippen LogP contribution < -0.4 is 16.8 Å². The molecule has 0 bridgehead atoms. The lowest BCUT2D eigenvalue weighted by atomic mass is 9.97. The SMILES string of the molecule is Cc1ccc(C(=O)CCCC[C@H](NC(=O)c2ccc(CCc3cnc4nc(N)nc(N)c4n3)cc2)C(=O)O)c(-c2nn[nH]n2)c1. The quantitative estimate of drug-likeness (QED) is 0.0953. The van der Waals surface area contributed by atoms with E-state index in [4.69, 9.17) is 11.5 Å². The van der Waals surface area contributed by atoms with Crippen molar-refractivity contribution in [2.45, 2.75) is 51.5 Å². The Labute approximate surface area is 256 Å². The maximum absolute atomic E-state index is 13.0. The molecule has 5 aromatic rings. The summed E-state index contributed by atoms with van der Waals surface area (Å²) in [6.45, 7) is 1.90. The van der Waals surface area contributed by atoms with E-state index in [9.17, 15) is 19.5 Å². The molecule has 0 unspecified atom stereocenters. The first kappa shape index (κ1) is 30.6. The smallest absolute Gasteiger partial charge is 0.326 e. The van der Waals surface area contributed by atoms with E-state index in [0.717, 1.165) is 11.1 Å². The summed E-state index contributed by atoms with van der Waals surface area (Å²) in [5, 5.41) is 26.2. The number of amides is 1. The number of fused-ring (bicyclic) bond motifs is 1. The number of carboxylic acids is 1. The van der Waals surface area contributed by atoms with Crippen molar-refractivity contribution >= 4 is 40.6 Å². The van der Waals surface area contributed by atoms with Gasteiger partial charge in [-0.05, 0) is 61.6 Å². The molecule has 0 saturated heterocycles. The Morgan fingerprint density at radius 1 is 1.00 bits per heavy atom. The molecule has 230 valence electrons. The average molecular weight is 610 g/mol. The minimum absolute atomic E-state index is 0.0308. The number of hydrogen-bond donors (Lipinski definition) is 5. The van der Waals surface area contributed by atoms with Crippen LogP contribution in [0.5, 0.6) is 0 Å². The van der Waals surface area contributed by atoms with Crippen molar-refractivity contribution in [1.82, 2.24) is 45.9 Å². The molecule has 0 saturated carbocycles. The van der Waals surface area contributed by atoms with Crippen LogP contribution in [-0.2, 0) is 17.6 Å². The van der Waals surface area contributed by atoms with Crippen molar-refractivity contribution in [3.8, 4) is 11.4 Å². The molecular weight excluding hydrogens is 578 g/mol. The van der Waals surface area contributed by atoms with Gasteiger partial charge in [0, 0.05) is 23.1 Å². The number of aryl methyl sites for hydroxylation is 3. The van der Waals surface area contributed by atoms with Gasteiger partial charge >= 0.3 is 5.97 Å². The zero-order valence-corrected chi connectivity index (χ0v) is 24.4. The molecule has 2 aromatic carbocycles. The van der Waals surface area contributed by atoms with Gasteiger partial charge in [0.25, 0.3) is 5.91 Å². The molecule has 5 rings (SSSR count). The van der Waals surface area contributed by atoms with Crippen LogP contribution in [-0.4, -0.2) is 69.4 Å². The minimum Gasteiger partial charge on any atom is -0.480 e. The number of benzene rings is 2. The van der Waals surface area contributed by atoms with E-state index in [2.05, 4.69) is 45.9 Å². The third kappa shape index (κ3) is 7.57. The van der Waals surface area contributed by atoms with E-state index in [-0.39, 0.29) is 30.4 Å². The zero-order chi connectivity index (χ0) is 31.9. The van der Waals surface area contributed by atoms with Crippen molar-refractivity contribution in [1.29, 1.82) is 0 Å². The first-order valence-electron chi connectivity index (χ1n) is 14.2. The summed E-state index contributed by atoms with van der Waals surface area (Å²) in [4.78, 5) is 54.4. The lowest BCUT2D eigenvalue weighted by Gasteiger charge is -2.15. The molecule has 0 aliphatic heterocycles. The fraction of sp³-hybridized carbons (Fsp3) is 0.267. The Morgan fingerprint density at radius 2 is 1.80 bits per heavy atom. The molecule has 0 spiro atoms. The Kier molecular flexibility index (Phi) is 9.26. The summed E-state index contributed by atoms with van der Waals surface area (Å²) in [6.07, 6.45) is 4.03. The highest BCUT2D eigenvalue weighted by atomic mass is 16.4. The Balaban J connectivity index is 1.11. The normalized spacial score (nSPS) is 11.8. The van der Waals surface area contributed by atoms with Gasteiger partial charge in [-0.2, -0.15) is 15.2 Å². The van der Waals surface area contributed by atoms with E-state index >= 15 is 0 Å². The number of ketones is 1. The third-order valence-electron chi connectivity index (χ3n) is 7.20. The Morgan fingerprint density at radius 3 is 2.53 bits per heavy atom. The Bertz CT molecular complexity index is 1840. The molecule has 15 nitrogen and oxygen atoms in total. The lowest BCUT2D eigenvalue weighted by molar-refractivity contribution is -0.139. The van der Waals surface area contributed by atoms with Gasteiger partial charge < -0.3 is 21.9 Å². The maximum Gasteiger partial charge on any atom is 0.326 e. The number of Topliss-reactive ketones (excluding diaryl/α,β-unsaturated/α-hetero) is 1. The summed E-state index contributed by atoms with van der Waals surface area (Å²) in [5.41, 5.74) is 16.2. The number of carbonyl (C=O) groups is 3. The van der Waals surface area contributed by atoms with Crippen LogP contribution in [0.2, 0.25) is 0 Å². The van der Waals surface area contributed by atoms with Crippen molar-refractivity contribution < 1.29 is 19.5 Å². The van der Waals surface area contributed by atoms with Crippen molar-refractivity contribution in [2.24, 2.45) is 0 Å². The van der Waals surface area contributed by atoms with Gasteiger partial charge in [0.2, 0.25) is 11.8 Å². The number of aromatic nitrogens is 8. The number of aromatic amines is 1. The number of nitrogens with two attached hydrogens (primary N) is 2. The molecule has 3 aromatic heterocycles. The van der Waals surface area contributed by atoms with Gasteiger partial charge in [-0.1, -0.05) is 36.2 Å². The highest BCUT2D eigenvalue weighted by Crippen LogP contribution is 2.23. The van der Waals surface area contributed by atoms with E-state index in [1.54, 1.807) is 36.5 Å². The van der Waals surface area contributed by atoms with Gasteiger partial charge in [-0.25, -0.2) is 14.8 Å². The molecule has 1 atom stereocenters. The van der Waals surface area contributed by atoms with E-state index < -0.39 is 17.9 Å². The van der Waals surface area contributed by atoms with Crippen LogP contribution >= 0.6 is 0 Å². The summed E-state index contributed by atoms with van der Waals surface area (Å²) in [7, 11) is 0. The second-order valence-corrected chi connectivity index (χ2v) is 10.5. The number of tetrazole rings is 1. The van der Waals surface area contributed by atoms with Crippen LogP contribution in [0.3, 0.4) is 0 Å². The fourth-order valence-electron chi connectivity index (χ4n) is 4.83. The number of nitrogens with one attached hydrogen (secondary N) is 2. The molecular formula is C30H31N11O4. The maximum atomic E-state index is 13.0. The van der Waals surface area contributed by atoms with Gasteiger partial charge in [-0.3, -0.25) is 9.59 Å². The van der Waals surface area contributed by atoms with Crippen LogP contribution in [0, 0.1) is 6.92 Å². The molecule has 0 fully saturated rings. The number of rotatable bonds is 13. The fourth-order valence-corrected chi connectivity index (χ4v) is 4.83. The molecule has 0 radical (unpaired) electrons. The molecule has 45 heavy (non-hydrogen) atoms. The van der Waals surface area contributed by atoms with Gasteiger partial charge in [0.1, 0.15) is 6.04 Å². The predicted octanol–water partition coefficient (Wildman–Crippen LogP) is 2.48. The van der Waals surface area contributed by atoms with Gasteiger partial charge in [-0.15, -0.1) is 10.2 Å². The highest BCUT2D eigenvalue weighted by Gasteiger charge is 2.21. The van der Waals surface area contributed by atoms with Crippen molar-refractivity contribution in [3.63, 3.8) is 0 Å². The standard InChI is InChI=1S/C30H31N11O4/c1-16-6-13-20(21(14-16)26-38-40-41-39-26)23(42)5-3-2-4-22(29(44)45)35-28(43)18-10-7-17(8-11-18)9-12-19-15-33-27-24(34-19)25(31)36-30(32)37-27/h6-8,10-11,13-15,22H,2-5,9,12H2,1H3,(H,35,43)(H,44,45)(H,38,39,40,41)(H4,31,32,33,36,37)/t22-/m0/s1. The molecule has 1 amide bonds. The topological polar surface area (TPSA) is 242 Å². The van der Waals surface area contributed by atoms with Crippen LogP contribution in [0.4, 0.5) is 11.8 Å². The second kappa shape index (κ2) is 13.6. The summed E-state index contributed by atoms with van der Waals surface area (Å²) in [5.74, 6) is -1.23. The molecule has 3 heterocycles. The predicted molar refractivity (Wildman–Crippen MR) is 164 cm³/mol. The lowest BCUT2D eigenvalue weighted by Crippen LogP contribution is -2.40. The van der Waals surface area contributed by atoms with Crippen molar-refractivity contribution in [2.75, 3.05) is 11.5 Å². The first-order valence-corrected chi connectivity index (χ1v) is 14.2. The Hall–Kier alpha value is -5.86. The molecule has 0 aliphatic rings. The number of carbonyl (C=O) groups excluding carboxylic acids is 2. The highest BCUT2D eigenvalue weighted by molar-refractivity contribution is 6.01. The number of unbranched alkanes of at least 4 members (excludes halogenated alkanes) is 1. The number of nitrogens with zero attached hydrogens (tertiary/aromatic N) is 7. The number of carboxylic acid groups (broad SMARTS) is 1. The minimum atomic E-state index is -1.14. The third-order valence-corrected chi connectivity index (χ3v) is 7.20. The second-order valence-electron chi connectivity index (χ2n) is 10.5. The molecule has 0 aliphatic carbocycles. The van der Waals surface area contributed by atoms with Crippen LogP contribution in [0.25, 0.3) is 22.6 Å². The average Bonchev–Trinajstić information content (AvgIpc) is 3.56. The zero-order valence-electron chi connectivity index (χ0n) is 24.4. The molecule has 15 heteroatoms. The van der Waals surface area contributed by atoms with E-state index in [1.807, 2.05) is 19.1 Å². The van der Waals surface area contributed by atoms with Crippen molar-refractivity contribution in [3.05, 3.63) is 76.6 Å². The number of hydrogen-bond acceptors (Lipinski definition) is 12. The number of nitrogen functional groups attached to an aromatic ring is 2. The van der Waals surface area contributed by atoms with Gasteiger partial charge in [0.05, 0.1) is 11.9 Å².